The van der Waals surface area contributed by atoms with Gasteiger partial charge in [-0.05, 0) is 36.1 Å². The Bertz CT molecular complexity index is 663. The summed E-state index contributed by atoms with van der Waals surface area (Å²) in [4.78, 5) is 18.5. The molecular formula is C12H10FN3O. The molecule has 0 spiro atoms. The number of nitrogens with two attached hydrogens (primary N) is 1. The van der Waals surface area contributed by atoms with Crippen molar-refractivity contribution in [3.05, 3.63) is 45.6 Å². The molecular weight excluding hydrogens is 221 g/mol. The number of anilines is 1. The fraction of sp³-hybridized carbons (Fsp3) is 0.167. The maximum Gasteiger partial charge on any atom is 0.260 e. The molecule has 1 aliphatic carbocycles. The number of nitrogens with one attached hydrogen (secondary N) is 1. The number of nitrogen functional groups attached to an aromatic ring is 1. The van der Waals surface area contributed by atoms with Crippen LogP contribution >= 0.6 is 0 Å². The summed E-state index contributed by atoms with van der Waals surface area (Å²) in [5, 5.41) is 0. The molecule has 5 heteroatoms. The van der Waals surface area contributed by atoms with Crippen LogP contribution in [0.5, 0.6) is 0 Å². The zero-order valence-electron chi connectivity index (χ0n) is 8.96. The maximum atomic E-state index is 13.1. The van der Waals surface area contributed by atoms with E-state index in [9.17, 15) is 9.18 Å². The zero-order chi connectivity index (χ0) is 12.0. The molecule has 0 aliphatic heterocycles. The van der Waals surface area contributed by atoms with Gasteiger partial charge >= 0.3 is 0 Å². The summed E-state index contributed by atoms with van der Waals surface area (Å²) in [5.41, 5.74) is 8.03. The second-order valence-electron chi connectivity index (χ2n) is 4.07. The molecule has 0 saturated heterocycles. The van der Waals surface area contributed by atoms with Crippen molar-refractivity contribution < 1.29 is 4.39 Å². The number of nitrogens with zero attached hydrogens (tertiary/aromatic N) is 1. The molecule has 2 aromatic rings. The van der Waals surface area contributed by atoms with Gasteiger partial charge in [-0.1, -0.05) is 6.07 Å². The van der Waals surface area contributed by atoms with Crippen molar-refractivity contribution in [1.29, 1.82) is 0 Å². The van der Waals surface area contributed by atoms with E-state index < -0.39 is 0 Å². The Balaban J connectivity index is 2.33. The van der Waals surface area contributed by atoms with Crippen molar-refractivity contribution in [3.8, 4) is 11.1 Å². The highest BCUT2D eigenvalue weighted by Gasteiger charge is 2.21. The first-order chi connectivity index (χ1) is 8.15. The Morgan fingerprint density at radius 1 is 1.35 bits per heavy atom. The number of benzene rings is 1. The number of aromatic amines is 1. The highest BCUT2D eigenvalue weighted by atomic mass is 19.1. The molecule has 1 aromatic carbocycles. The first-order valence-electron chi connectivity index (χ1n) is 5.32. The van der Waals surface area contributed by atoms with E-state index in [2.05, 4.69) is 9.97 Å². The van der Waals surface area contributed by atoms with Gasteiger partial charge in [0.2, 0.25) is 5.95 Å². The van der Waals surface area contributed by atoms with Crippen LogP contribution in [0.4, 0.5) is 10.3 Å². The van der Waals surface area contributed by atoms with Crippen molar-refractivity contribution in [2.75, 3.05) is 5.73 Å². The molecule has 17 heavy (non-hydrogen) atoms. The Morgan fingerprint density at radius 3 is 3.00 bits per heavy atom. The van der Waals surface area contributed by atoms with E-state index in [1.165, 1.54) is 12.1 Å². The third kappa shape index (κ3) is 1.51. The van der Waals surface area contributed by atoms with Crippen molar-refractivity contribution >= 4 is 5.95 Å². The van der Waals surface area contributed by atoms with E-state index in [1.807, 2.05) is 0 Å². The molecule has 0 saturated carbocycles. The zero-order valence-corrected chi connectivity index (χ0v) is 8.96. The standard InChI is InChI=1S/C12H10FN3O/c13-7-2-3-8-6(5-7)1-4-9-10(8)11(17)16-12(14)15-9/h2-3,5H,1,4H2,(H3,14,15,16,17). The van der Waals surface area contributed by atoms with E-state index in [4.69, 9.17) is 5.73 Å². The Labute approximate surface area is 96.3 Å². The molecule has 0 amide bonds. The lowest BCUT2D eigenvalue weighted by molar-refractivity contribution is 0.625. The minimum Gasteiger partial charge on any atom is -0.369 e. The average Bonchev–Trinajstić information content (AvgIpc) is 2.28. The van der Waals surface area contributed by atoms with E-state index in [-0.39, 0.29) is 17.3 Å². The highest BCUT2D eigenvalue weighted by Crippen LogP contribution is 2.30. The fourth-order valence-electron chi connectivity index (χ4n) is 2.26. The predicted octanol–water partition coefficient (Wildman–Crippen LogP) is 1.26. The van der Waals surface area contributed by atoms with Crippen LogP contribution in [0.25, 0.3) is 11.1 Å². The summed E-state index contributed by atoms with van der Waals surface area (Å²) >= 11 is 0. The van der Waals surface area contributed by atoms with Gasteiger partial charge in [-0.25, -0.2) is 9.37 Å². The molecule has 0 fully saturated rings. The summed E-state index contributed by atoms with van der Waals surface area (Å²) in [7, 11) is 0. The predicted molar refractivity (Wildman–Crippen MR) is 62.1 cm³/mol. The Morgan fingerprint density at radius 2 is 2.18 bits per heavy atom. The van der Waals surface area contributed by atoms with Crippen LogP contribution in [-0.2, 0) is 12.8 Å². The number of aromatic nitrogens is 2. The van der Waals surface area contributed by atoms with Gasteiger partial charge in [-0.15, -0.1) is 0 Å². The first-order valence-corrected chi connectivity index (χ1v) is 5.32. The quantitative estimate of drug-likeness (QED) is 0.716. The van der Waals surface area contributed by atoms with E-state index >= 15 is 0 Å². The Hall–Kier alpha value is -2.17. The molecule has 1 aliphatic rings. The minimum atomic E-state index is -0.285. The number of H-pyrrole nitrogens is 1. The normalized spacial score (nSPS) is 13.0. The molecule has 1 heterocycles. The molecule has 4 nitrogen and oxygen atoms in total. The highest BCUT2D eigenvalue weighted by molar-refractivity contribution is 5.71. The maximum absolute atomic E-state index is 13.1. The average molecular weight is 231 g/mol. The summed E-state index contributed by atoms with van der Waals surface area (Å²) in [6.07, 6.45) is 1.29. The van der Waals surface area contributed by atoms with Crippen LogP contribution in [0.1, 0.15) is 11.3 Å². The summed E-state index contributed by atoms with van der Waals surface area (Å²) in [6, 6.07) is 4.44. The lowest BCUT2D eigenvalue weighted by atomic mass is 9.89. The van der Waals surface area contributed by atoms with Crippen LogP contribution in [-0.4, -0.2) is 9.97 Å². The number of hydrogen-bond acceptors (Lipinski definition) is 3. The largest absolute Gasteiger partial charge is 0.369 e. The summed E-state index contributed by atoms with van der Waals surface area (Å²) in [5.74, 6) is -0.161. The number of halogens is 1. The van der Waals surface area contributed by atoms with Crippen molar-refractivity contribution in [1.82, 2.24) is 9.97 Å². The first kappa shape index (κ1) is 10.0. The van der Waals surface area contributed by atoms with E-state index in [0.717, 1.165) is 11.1 Å². The van der Waals surface area contributed by atoms with Gasteiger partial charge in [0.15, 0.2) is 0 Å². The number of rotatable bonds is 0. The van der Waals surface area contributed by atoms with Crippen molar-refractivity contribution in [2.45, 2.75) is 12.8 Å². The van der Waals surface area contributed by atoms with Gasteiger partial charge in [0.25, 0.3) is 5.56 Å². The van der Waals surface area contributed by atoms with E-state index in [1.54, 1.807) is 6.07 Å². The van der Waals surface area contributed by atoms with Gasteiger partial charge in [0.1, 0.15) is 5.82 Å². The van der Waals surface area contributed by atoms with Gasteiger partial charge in [-0.3, -0.25) is 9.78 Å². The molecule has 3 N–H and O–H groups in total. The number of hydrogen-bond donors (Lipinski definition) is 2. The molecule has 1 aromatic heterocycles. The van der Waals surface area contributed by atoms with Crippen LogP contribution < -0.4 is 11.3 Å². The third-order valence-corrected chi connectivity index (χ3v) is 2.98. The lowest BCUT2D eigenvalue weighted by Crippen LogP contribution is -2.20. The van der Waals surface area contributed by atoms with Crippen molar-refractivity contribution in [3.63, 3.8) is 0 Å². The van der Waals surface area contributed by atoms with Gasteiger partial charge in [0, 0.05) is 0 Å². The topological polar surface area (TPSA) is 71.8 Å². The second kappa shape index (κ2) is 3.41. The molecule has 0 bridgehead atoms. The van der Waals surface area contributed by atoms with Crippen LogP contribution in [0.15, 0.2) is 23.0 Å². The van der Waals surface area contributed by atoms with Gasteiger partial charge in [-0.2, -0.15) is 0 Å². The Kier molecular flexibility index (Phi) is 2.01. The van der Waals surface area contributed by atoms with Gasteiger partial charge < -0.3 is 5.73 Å². The smallest absolute Gasteiger partial charge is 0.260 e. The number of aryl methyl sites for hydroxylation is 2. The minimum absolute atomic E-state index is 0.124. The second-order valence-corrected chi connectivity index (χ2v) is 4.07. The molecule has 0 radical (unpaired) electrons. The lowest BCUT2D eigenvalue weighted by Gasteiger charge is -2.18. The van der Waals surface area contributed by atoms with Crippen LogP contribution in [0.2, 0.25) is 0 Å². The van der Waals surface area contributed by atoms with Crippen molar-refractivity contribution in [2.24, 2.45) is 0 Å². The number of fused-ring (bicyclic) bond motifs is 3. The van der Waals surface area contributed by atoms with Gasteiger partial charge in [0.05, 0.1) is 11.3 Å². The molecule has 3 rings (SSSR count). The third-order valence-electron chi connectivity index (χ3n) is 2.98. The SMILES string of the molecule is Nc1nc2c(c(=O)[nH]1)-c1ccc(F)cc1CC2. The summed E-state index contributed by atoms with van der Waals surface area (Å²) < 4.78 is 13.1. The van der Waals surface area contributed by atoms with Crippen LogP contribution in [0.3, 0.4) is 0 Å². The molecule has 86 valence electrons. The van der Waals surface area contributed by atoms with E-state index in [0.29, 0.717) is 24.1 Å². The summed E-state index contributed by atoms with van der Waals surface area (Å²) in [6.45, 7) is 0. The van der Waals surface area contributed by atoms with Crippen LogP contribution in [0, 0.1) is 5.82 Å². The fourth-order valence-corrected chi connectivity index (χ4v) is 2.26. The molecule has 0 atom stereocenters. The molecule has 0 unspecified atom stereocenters. The monoisotopic (exact) mass is 231 g/mol.